The van der Waals surface area contributed by atoms with Crippen LogP contribution in [0, 0.1) is 19.8 Å². The molecule has 1 aromatic carbocycles. The SMILES string of the molecule is Cc1cc(C2C(c3ccccn3)NC(=S)N2CC(C)C)c(C)n1-c1ccccc1Br. The van der Waals surface area contributed by atoms with Crippen molar-refractivity contribution in [3.8, 4) is 5.69 Å². The molecule has 0 spiro atoms. The molecule has 0 amide bonds. The Morgan fingerprint density at radius 3 is 2.53 bits per heavy atom. The van der Waals surface area contributed by atoms with Crippen molar-refractivity contribution in [1.29, 1.82) is 0 Å². The Hall–Kier alpha value is -2.18. The Morgan fingerprint density at radius 1 is 1.13 bits per heavy atom. The first-order valence-corrected chi connectivity index (χ1v) is 11.5. The van der Waals surface area contributed by atoms with Crippen LogP contribution in [0.15, 0.2) is 59.2 Å². The largest absolute Gasteiger partial charge is 0.352 e. The zero-order valence-corrected chi connectivity index (χ0v) is 20.2. The summed E-state index contributed by atoms with van der Waals surface area (Å²) in [5.41, 5.74) is 5.88. The quantitative estimate of drug-likeness (QED) is 0.460. The molecule has 0 bridgehead atoms. The van der Waals surface area contributed by atoms with Crippen LogP contribution in [-0.2, 0) is 0 Å². The zero-order chi connectivity index (χ0) is 21.4. The lowest BCUT2D eigenvalue weighted by Crippen LogP contribution is -2.33. The lowest BCUT2D eigenvalue weighted by Gasteiger charge is -2.29. The van der Waals surface area contributed by atoms with E-state index in [4.69, 9.17) is 12.2 Å². The number of nitrogens with one attached hydrogen (secondary N) is 1. The van der Waals surface area contributed by atoms with E-state index in [-0.39, 0.29) is 12.1 Å². The fraction of sp³-hybridized carbons (Fsp3) is 0.333. The number of rotatable bonds is 5. The predicted molar refractivity (Wildman–Crippen MR) is 130 cm³/mol. The molecule has 0 radical (unpaired) electrons. The average molecular weight is 483 g/mol. The van der Waals surface area contributed by atoms with Crippen LogP contribution in [0.3, 0.4) is 0 Å². The summed E-state index contributed by atoms with van der Waals surface area (Å²) in [6.07, 6.45) is 1.85. The highest BCUT2D eigenvalue weighted by atomic mass is 79.9. The summed E-state index contributed by atoms with van der Waals surface area (Å²) in [6.45, 7) is 9.74. The van der Waals surface area contributed by atoms with Crippen LogP contribution in [0.2, 0.25) is 0 Å². The number of thiocarbonyl (C=S) groups is 1. The smallest absolute Gasteiger partial charge is 0.170 e. The maximum Gasteiger partial charge on any atom is 0.170 e. The highest BCUT2D eigenvalue weighted by Crippen LogP contribution is 2.42. The highest BCUT2D eigenvalue weighted by Gasteiger charge is 2.41. The minimum absolute atomic E-state index is 0.0191. The third-order valence-electron chi connectivity index (χ3n) is 5.64. The number of benzene rings is 1. The first-order chi connectivity index (χ1) is 14.4. The molecule has 1 saturated heterocycles. The molecule has 0 aliphatic carbocycles. The monoisotopic (exact) mass is 482 g/mol. The second kappa shape index (κ2) is 8.52. The van der Waals surface area contributed by atoms with E-state index < -0.39 is 0 Å². The van der Waals surface area contributed by atoms with E-state index in [0.29, 0.717) is 5.92 Å². The number of para-hydroxylation sites is 1. The van der Waals surface area contributed by atoms with Crippen LogP contribution in [0.25, 0.3) is 5.69 Å². The van der Waals surface area contributed by atoms with E-state index >= 15 is 0 Å². The lowest BCUT2D eigenvalue weighted by molar-refractivity contribution is 0.287. The van der Waals surface area contributed by atoms with Gasteiger partial charge in [0.2, 0.25) is 0 Å². The summed E-state index contributed by atoms with van der Waals surface area (Å²) >= 11 is 9.51. The van der Waals surface area contributed by atoms with Crippen molar-refractivity contribution < 1.29 is 0 Å². The molecular formula is C24H27BrN4S. The summed E-state index contributed by atoms with van der Waals surface area (Å²) < 4.78 is 3.41. The summed E-state index contributed by atoms with van der Waals surface area (Å²) in [4.78, 5) is 6.99. The van der Waals surface area contributed by atoms with E-state index in [9.17, 15) is 0 Å². The molecule has 2 atom stereocenters. The lowest BCUT2D eigenvalue weighted by atomic mass is 9.96. The maximum absolute atomic E-state index is 5.78. The molecule has 1 aliphatic rings. The number of aromatic nitrogens is 2. The molecule has 3 aromatic rings. The number of hydrogen-bond acceptors (Lipinski definition) is 2. The molecule has 1 aliphatic heterocycles. The molecule has 2 unspecified atom stereocenters. The Bertz CT molecular complexity index is 1060. The fourth-order valence-electron chi connectivity index (χ4n) is 4.42. The van der Waals surface area contributed by atoms with Gasteiger partial charge in [-0.3, -0.25) is 4.98 Å². The Balaban J connectivity index is 1.85. The van der Waals surface area contributed by atoms with E-state index in [2.05, 4.69) is 93.7 Å². The second-order valence-corrected chi connectivity index (χ2v) is 9.53. The summed E-state index contributed by atoms with van der Waals surface area (Å²) in [5, 5.41) is 4.36. The van der Waals surface area contributed by atoms with E-state index in [0.717, 1.165) is 27.5 Å². The molecule has 30 heavy (non-hydrogen) atoms. The van der Waals surface area contributed by atoms with Crippen LogP contribution >= 0.6 is 28.1 Å². The van der Waals surface area contributed by atoms with Crippen molar-refractivity contribution in [2.45, 2.75) is 39.8 Å². The Labute approximate surface area is 192 Å². The number of aryl methyl sites for hydroxylation is 1. The van der Waals surface area contributed by atoms with Gasteiger partial charge in [-0.1, -0.05) is 32.0 Å². The molecule has 0 saturated carbocycles. The van der Waals surface area contributed by atoms with Crippen molar-refractivity contribution >= 4 is 33.3 Å². The van der Waals surface area contributed by atoms with Crippen molar-refractivity contribution in [2.24, 2.45) is 5.92 Å². The van der Waals surface area contributed by atoms with Crippen molar-refractivity contribution in [3.05, 3.63) is 81.8 Å². The van der Waals surface area contributed by atoms with Crippen LogP contribution in [0.4, 0.5) is 0 Å². The maximum atomic E-state index is 5.78. The molecule has 4 rings (SSSR count). The molecule has 1 fully saturated rings. The molecule has 4 nitrogen and oxygen atoms in total. The summed E-state index contributed by atoms with van der Waals surface area (Å²) in [6, 6.07) is 16.8. The van der Waals surface area contributed by atoms with E-state index in [1.165, 1.54) is 17.0 Å². The van der Waals surface area contributed by atoms with E-state index in [1.54, 1.807) is 0 Å². The standard InChI is InChI=1S/C24H27BrN4S/c1-15(2)14-28-23(22(27-24(28)30)20-10-7-8-12-26-20)18-13-16(3)29(17(18)4)21-11-6-5-9-19(21)25/h5-13,15,22-23H,14H2,1-4H3,(H,27,30). The van der Waals surface area contributed by atoms with Crippen LogP contribution in [0.5, 0.6) is 0 Å². The Morgan fingerprint density at radius 2 is 1.87 bits per heavy atom. The van der Waals surface area contributed by atoms with Gasteiger partial charge in [-0.15, -0.1) is 0 Å². The van der Waals surface area contributed by atoms with Gasteiger partial charge in [-0.05, 0) is 83.8 Å². The summed E-state index contributed by atoms with van der Waals surface area (Å²) in [7, 11) is 0. The predicted octanol–water partition coefficient (Wildman–Crippen LogP) is 5.88. The van der Waals surface area contributed by atoms with Crippen LogP contribution in [-0.4, -0.2) is 26.1 Å². The third kappa shape index (κ3) is 3.79. The highest BCUT2D eigenvalue weighted by molar-refractivity contribution is 9.10. The number of pyridine rings is 1. The first-order valence-electron chi connectivity index (χ1n) is 10.3. The van der Waals surface area contributed by atoms with Gasteiger partial charge in [0.05, 0.1) is 23.5 Å². The first kappa shape index (κ1) is 21.1. The van der Waals surface area contributed by atoms with Gasteiger partial charge < -0.3 is 14.8 Å². The normalized spacial score (nSPS) is 18.9. The zero-order valence-electron chi connectivity index (χ0n) is 17.8. The molecule has 1 N–H and O–H groups in total. The van der Waals surface area contributed by atoms with Crippen molar-refractivity contribution in [1.82, 2.24) is 19.8 Å². The molecule has 156 valence electrons. The van der Waals surface area contributed by atoms with Crippen LogP contribution < -0.4 is 5.32 Å². The fourth-order valence-corrected chi connectivity index (χ4v) is 5.20. The average Bonchev–Trinajstić information content (AvgIpc) is 3.18. The molecule has 3 heterocycles. The van der Waals surface area contributed by atoms with Gasteiger partial charge in [0.25, 0.3) is 0 Å². The topological polar surface area (TPSA) is 33.1 Å². The van der Waals surface area contributed by atoms with Gasteiger partial charge in [0, 0.05) is 28.6 Å². The van der Waals surface area contributed by atoms with Gasteiger partial charge in [-0.25, -0.2) is 0 Å². The van der Waals surface area contributed by atoms with Crippen molar-refractivity contribution in [2.75, 3.05) is 6.54 Å². The minimum atomic E-state index is 0.0191. The molecular weight excluding hydrogens is 456 g/mol. The van der Waals surface area contributed by atoms with Crippen LogP contribution in [0.1, 0.15) is 48.6 Å². The second-order valence-electron chi connectivity index (χ2n) is 8.29. The third-order valence-corrected chi connectivity index (χ3v) is 6.66. The van der Waals surface area contributed by atoms with E-state index in [1.807, 2.05) is 24.4 Å². The van der Waals surface area contributed by atoms with Crippen molar-refractivity contribution in [3.63, 3.8) is 0 Å². The molecule has 6 heteroatoms. The summed E-state index contributed by atoms with van der Waals surface area (Å²) in [5.74, 6) is 0.501. The van der Waals surface area contributed by atoms with Gasteiger partial charge in [0.15, 0.2) is 5.11 Å². The van der Waals surface area contributed by atoms with Gasteiger partial charge in [0.1, 0.15) is 0 Å². The number of hydrogen-bond donors (Lipinski definition) is 1. The number of nitrogens with zero attached hydrogens (tertiary/aromatic N) is 3. The number of halogens is 1. The minimum Gasteiger partial charge on any atom is -0.352 e. The molecule has 2 aromatic heterocycles. The Kier molecular flexibility index (Phi) is 5.98. The van der Waals surface area contributed by atoms with Gasteiger partial charge in [-0.2, -0.15) is 0 Å². The van der Waals surface area contributed by atoms with Gasteiger partial charge >= 0.3 is 0 Å².